The Morgan fingerprint density at radius 2 is 2.09 bits per heavy atom. The first-order valence-electron chi connectivity index (χ1n) is 7.89. The number of thiazole rings is 1. The van der Waals surface area contributed by atoms with Gasteiger partial charge in [0.2, 0.25) is 0 Å². The third kappa shape index (κ3) is 2.45. The Balaban J connectivity index is 1.68. The van der Waals surface area contributed by atoms with Crippen LogP contribution in [0.15, 0.2) is 40.3 Å². The highest BCUT2D eigenvalue weighted by atomic mass is 32.1. The molecular formula is C18H18N2O2S. The number of nitrogens with zero attached hydrogens (tertiary/aromatic N) is 1. The maximum Gasteiger partial charge on any atom is 0.255 e. The van der Waals surface area contributed by atoms with Gasteiger partial charge in [0.1, 0.15) is 16.9 Å². The molecule has 1 fully saturated rings. The predicted molar refractivity (Wildman–Crippen MR) is 90.7 cm³/mol. The summed E-state index contributed by atoms with van der Waals surface area (Å²) >= 11 is 1.64. The molecule has 0 spiro atoms. The molecule has 0 unspecified atom stereocenters. The van der Waals surface area contributed by atoms with Crippen LogP contribution in [0.25, 0.3) is 11.0 Å². The summed E-state index contributed by atoms with van der Waals surface area (Å²) in [6.07, 6.45) is 5.68. The molecule has 0 bridgehead atoms. The fraction of sp³-hybridized carbons (Fsp3) is 0.333. The zero-order chi connectivity index (χ0) is 15.9. The molecule has 0 saturated heterocycles. The lowest BCUT2D eigenvalue weighted by Gasteiger charge is -2.28. The highest BCUT2D eigenvalue weighted by Gasteiger charge is 2.40. The second kappa shape index (κ2) is 5.49. The van der Waals surface area contributed by atoms with Crippen LogP contribution in [0.1, 0.15) is 46.7 Å². The lowest BCUT2D eigenvalue weighted by atomic mass is 9.97. The largest absolute Gasteiger partial charge is 0.463 e. The Labute approximate surface area is 138 Å². The number of amides is 1. The van der Waals surface area contributed by atoms with E-state index in [-0.39, 0.29) is 11.4 Å². The summed E-state index contributed by atoms with van der Waals surface area (Å²) in [4.78, 5) is 17.5. The van der Waals surface area contributed by atoms with Gasteiger partial charge in [0.15, 0.2) is 0 Å². The topological polar surface area (TPSA) is 55.1 Å². The average molecular weight is 326 g/mol. The third-order valence-corrected chi connectivity index (χ3v) is 5.73. The van der Waals surface area contributed by atoms with E-state index in [9.17, 15) is 4.79 Å². The van der Waals surface area contributed by atoms with E-state index in [2.05, 4.69) is 15.7 Å². The van der Waals surface area contributed by atoms with Gasteiger partial charge in [-0.15, -0.1) is 11.3 Å². The molecule has 0 atom stereocenters. The zero-order valence-electron chi connectivity index (χ0n) is 13.0. The van der Waals surface area contributed by atoms with E-state index in [1.165, 1.54) is 0 Å². The van der Waals surface area contributed by atoms with Gasteiger partial charge < -0.3 is 9.73 Å². The summed E-state index contributed by atoms with van der Waals surface area (Å²) in [6.45, 7) is 1.99. The van der Waals surface area contributed by atoms with E-state index in [1.54, 1.807) is 17.6 Å². The Kier molecular flexibility index (Phi) is 3.45. The molecule has 0 aliphatic heterocycles. The van der Waals surface area contributed by atoms with Gasteiger partial charge in [0.05, 0.1) is 11.1 Å². The van der Waals surface area contributed by atoms with E-state index in [0.717, 1.165) is 47.4 Å². The Hall–Kier alpha value is -2.14. The van der Waals surface area contributed by atoms with Gasteiger partial charge in [-0.3, -0.25) is 4.79 Å². The number of carbonyl (C=O) groups excluding carboxylic acids is 1. The molecule has 1 amide bonds. The van der Waals surface area contributed by atoms with Crippen molar-refractivity contribution < 1.29 is 9.21 Å². The van der Waals surface area contributed by atoms with Crippen molar-refractivity contribution in [3.63, 3.8) is 0 Å². The summed E-state index contributed by atoms with van der Waals surface area (Å²) in [5.74, 6) is -0.0790. The predicted octanol–water partition coefficient (Wildman–Crippen LogP) is 4.40. The monoisotopic (exact) mass is 326 g/mol. The van der Waals surface area contributed by atoms with Crippen molar-refractivity contribution in [2.45, 2.75) is 38.1 Å². The molecule has 2 heterocycles. The second-order valence-electron chi connectivity index (χ2n) is 6.18. The molecule has 4 nitrogen and oxygen atoms in total. The number of nitrogens with one attached hydrogen (secondary N) is 1. The standard InChI is InChI=1S/C18H18N2O2S/c1-12-11-23-17(19-12)18(8-4-5-9-18)20-16(21)14-10-22-15-7-3-2-6-13(14)15/h2-3,6-7,10-11H,4-5,8-9H2,1H3,(H,20,21). The maximum absolute atomic E-state index is 12.9. The fourth-order valence-corrected chi connectivity index (χ4v) is 4.40. The van der Waals surface area contributed by atoms with Crippen LogP contribution in [0, 0.1) is 6.92 Å². The lowest BCUT2D eigenvalue weighted by Crippen LogP contribution is -2.43. The number of para-hydroxylation sites is 1. The van der Waals surface area contributed by atoms with Gasteiger partial charge in [0, 0.05) is 16.5 Å². The van der Waals surface area contributed by atoms with E-state index >= 15 is 0 Å². The first-order chi connectivity index (χ1) is 11.2. The van der Waals surface area contributed by atoms with Crippen LogP contribution in [0.5, 0.6) is 0 Å². The Morgan fingerprint density at radius 3 is 2.83 bits per heavy atom. The smallest absolute Gasteiger partial charge is 0.255 e. The molecule has 2 aromatic heterocycles. The molecular weight excluding hydrogens is 308 g/mol. The molecule has 3 aromatic rings. The van der Waals surface area contributed by atoms with E-state index in [0.29, 0.717) is 5.56 Å². The quantitative estimate of drug-likeness (QED) is 0.776. The molecule has 0 radical (unpaired) electrons. The van der Waals surface area contributed by atoms with Crippen LogP contribution in [0.4, 0.5) is 0 Å². The lowest BCUT2D eigenvalue weighted by molar-refractivity contribution is 0.0899. The van der Waals surface area contributed by atoms with Gasteiger partial charge in [-0.1, -0.05) is 31.0 Å². The molecule has 23 heavy (non-hydrogen) atoms. The summed E-state index contributed by atoms with van der Waals surface area (Å²) in [7, 11) is 0. The van der Waals surface area contributed by atoms with E-state index in [1.807, 2.05) is 31.2 Å². The minimum atomic E-state index is -0.325. The number of hydrogen-bond donors (Lipinski definition) is 1. The molecule has 4 rings (SSSR count). The molecule has 1 aromatic carbocycles. The van der Waals surface area contributed by atoms with E-state index in [4.69, 9.17) is 4.42 Å². The van der Waals surface area contributed by atoms with Crippen molar-refractivity contribution in [2.24, 2.45) is 0 Å². The number of hydrogen-bond acceptors (Lipinski definition) is 4. The van der Waals surface area contributed by atoms with E-state index < -0.39 is 0 Å². The summed E-state index contributed by atoms with van der Waals surface area (Å²) in [5, 5.41) is 7.19. The van der Waals surface area contributed by atoms with Crippen molar-refractivity contribution in [1.82, 2.24) is 10.3 Å². The minimum absolute atomic E-state index is 0.0790. The number of aryl methyl sites for hydroxylation is 1. The van der Waals surface area contributed by atoms with Gasteiger partial charge in [-0.2, -0.15) is 0 Å². The van der Waals surface area contributed by atoms with Crippen molar-refractivity contribution in [1.29, 1.82) is 0 Å². The number of fused-ring (bicyclic) bond motifs is 1. The third-order valence-electron chi connectivity index (χ3n) is 4.56. The van der Waals surface area contributed by atoms with Crippen molar-refractivity contribution >= 4 is 28.2 Å². The normalized spacial score (nSPS) is 16.7. The van der Waals surface area contributed by atoms with Crippen LogP contribution >= 0.6 is 11.3 Å². The average Bonchev–Trinajstić information content (AvgIpc) is 3.26. The van der Waals surface area contributed by atoms with Crippen molar-refractivity contribution in [3.8, 4) is 0 Å². The molecule has 1 aliphatic carbocycles. The number of carbonyl (C=O) groups is 1. The number of benzene rings is 1. The van der Waals surface area contributed by atoms with Crippen LogP contribution in [-0.4, -0.2) is 10.9 Å². The van der Waals surface area contributed by atoms with Crippen LogP contribution in [0.2, 0.25) is 0 Å². The Bertz CT molecular complexity index is 859. The summed E-state index contributed by atoms with van der Waals surface area (Å²) < 4.78 is 5.50. The second-order valence-corrected chi connectivity index (χ2v) is 7.04. The minimum Gasteiger partial charge on any atom is -0.463 e. The Morgan fingerprint density at radius 1 is 1.30 bits per heavy atom. The highest BCUT2D eigenvalue weighted by molar-refractivity contribution is 7.09. The maximum atomic E-state index is 12.9. The highest BCUT2D eigenvalue weighted by Crippen LogP contribution is 2.40. The fourth-order valence-electron chi connectivity index (χ4n) is 3.38. The molecule has 118 valence electrons. The summed E-state index contributed by atoms with van der Waals surface area (Å²) in [6, 6.07) is 7.62. The van der Waals surface area contributed by atoms with Gasteiger partial charge in [-0.05, 0) is 25.8 Å². The summed E-state index contributed by atoms with van der Waals surface area (Å²) in [5.41, 5.74) is 2.02. The number of furan rings is 1. The molecule has 1 N–H and O–H groups in total. The number of aromatic nitrogens is 1. The molecule has 1 saturated carbocycles. The van der Waals surface area contributed by atoms with Gasteiger partial charge >= 0.3 is 0 Å². The first kappa shape index (κ1) is 14.5. The van der Waals surface area contributed by atoms with Crippen molar-refractivity contribution in [3.05, 3.63) is 52.2 Å². The van der Waals surface area contributed by atoms with Crippen LogP contribution < -0.4 is 5.32 Å². The van der Waals surface area contributed by atoms with Crippen molar-refractivity contribution in [2.75, 3.05) is 0 Å². The van der Waals surface area contributed by atoms with Gasteiger partial charge in [0.25, 0.3) is 5.91 Å². The SMILES string of the molecule is Cc1csc(C2(NC(=O)c3coc4ccccc34)CCCC2)n1. The molecule has 5 heteroatoms. The zero-order valence-corrected chi connectivity index (χ0v) is 13.8. The van der Waals surface area contributed by atoms with Crippen LogP contribution in [-0.2, 0) is 5.54 Å². The first-order valence-corrected chi connectivity index (χ1v) is 8.77. The van der Waals surface area contributed by atoms with Crippen LogP contribution in [0.3, 0.4) is 0 Å². The molecule has 1 aliphatic rings. The van der Waals surface area contributed by atoms with Gasteiger partial charge in [-0.25, -0.2) is 4.98 Å². The number of rotatable bonds is 3.